The maximum absolute atomic E-state index is 12.2. The fourth-order valence-corrected chi connectivity index (χ4v) is 2.24. The van der Waals surface area contributed by atoms with Crippen molar-refractivity contribution in [3.8, 4) is 5.75 Å². The molecule has 0 saturated heterocycles. The van der Waals surface area contributed by atoms with E-state index >= 15 is 0 Å². The van der Waals surface area contributed by atoms with Crippen LogP contribution in [0.3, 0.4) is 0 Å². The third kappa shape index (κ3) is 7.46. The number of ether oxygens (including phenoxy) is 2. The van der Waals surface area contributed by atoms with E-state index in [2.05, 4.69) is 10.3 Å². The zero-order valence-electron chi connectivity index (χ0n) is 16.0. The van der Waals surface area contributed by atoms with Crippen molar-refractivity contribution < 1.29 is 14.3 Å². The number of nitrogens with one attached hydrogen (secondary N) is 1. The lowest BCUT2D eigenvalue weighted by atomic mass is 10.1. The molecule has 0 aliphatic rings. The van der Waals surface area contributed by atoms with Gasteiger partial charge in [-0.15, -0.1) is 24.0 Å². The van der Waals surface area contributed by atoms with E-state index < -0.39 is 5.60 Å². The van der Waals surface area contributed by atoms with Crippen LogP contribution in [0.4, 0.5) is 5.69 Å². The van der Waals surface area contributed by atoms with Crippen molar-refractivity contribution in [2.75, 3.05) is 12.4 Å². The van der Waals surface area contributed by atoms with Gasteiger partial charge in [-0.2, -0.15) is 0 Å². The predicted octanol–water partition coefficient (Wildman–Crippen LogP) is 4.20. The lowest BCUT2D eigenvalue weighted by Gasteiger charge is -2.19. The molecule has 0 fully saturated rings. The Morgan fingerprint density at radius 2 is 1.85 bits per heavy atom. The maximum Gasteiger partial charge on any atom is 0.338 e. The molecule has 0 aromatic heterocycles. The highest BCUT2D eigenvalue weighted by Gasteiger charge is 2.17. The largest absolute Gasteiger partial charge is 0.495 e. The van der Waals surface area contributed by atoms with Crippen molar-refractivity contribution in [3.05, 3.63) is 59.7 Å². The van der Waals surface area contributed by atoms with Crippen LogP contribution in [0.15, 0.2) is 53.5 Å². The number of nitrogens with two attached hydrogens (primary N) is 1. The van der Waals surface area contributed by atoms with E-state index in [1.807, 2.05) is 51.1 Å². The van der Waals surface area contributed by atoms with E-state index in [-0.39, 0.29) is 35.9 Å². The van der Waals surface area contributed by atoms with Crippen LogP contribution in [0.5, 0.6) is 5.75 Å². The van der Waals surface area contributed by atoms with E-state index in [0.29, 0.717) is 17.9 Å². The van der Waals surface area contributed by atoms with E-state index in [1.165, 1.54) is 0 Å². The summed E-state index contributed by atoms with van der Waals surface area (Å²) < 4.78 is 10.6. The average Bonchev–Trinajstić information content (AvgIpc) is 2.59. The van der Waals surface area contributed by atoms with Crippen LogP contribution in [0.25, 0.3) is 0 Å². The van der Waals surface area contributed by atoms with Gasteiger partial charge in [0, 0.05) is 0 Å². The molecule has 0 aliphatic heterocycles. The number of guanidine groups is 1. The molecule has 7 heteroatoms. The Morgan fingerprint density at radius 3 is 2.52 bits per heavy atom. The van der Waals surface area contributed by atoms with Gasteiger partial charge in [0.05, 0.1) is 24.9 Å². The Balaban J connectivity index is 0.00000364. The first kappa shape index (κ1) is 22.8. The molecular formula is C20H26IN3O3. The van der Waals surface area contributed by atoms with Crippen LogP contribution in [0.2, 0.25) is 0 Å². The second kappa shape index (κ2) is 10.1. The number of hydrogen-bond donors (Lipinski definition) is 2. The topological polar surface area (TPSA) is 85.9 Å². The average molecular weight is 483 g/mol. The molecular weight excluding hydrogens is 457 g/mol. The van der Waals surface area contributed by atoms with Gasteiger partial charge < -0.3 is 20.5 Å². The second-order valence-corrected chi connectivity index (χ2v) is 6.73. The molecule has 2 aromatic rings. The highest BCUT2D eigenvalue weighted by atomic mass is 127. The third-order valence-electron chi connectivity index (χ3n) is 3.36. The maximum atomic E-state index is 12.2. The Kier molecular flexibility index (Phi) is 8.55. The monoisotopic (exact) mass is 483 g/mol. The van der Waals surface area contributed by atoms with E-state index in [4.69, 9.17) is 15.2 Å². The Hall–Kier alpha value is -2.29. The van der Waals surface area contributed by atoms with Crippen molar-refractivity contribution in [2.45, 2.75) is 32.9 Å². The fourth-order valence-electron chi connectivity index (χ4n) is 2.24. The summed E-state index contributed by atoms with van der Waals surface area (Å²) in [4.78, 5) is 16.5. The zero-order chi connectivity index (χ0) is 19.2. The SMILES string of the molecule is COc1ccccc1NC(N)=NCc1cccc(C(=O)OC(C)(C)C)c1.I. The predicted molar refractivity (Wildman–Crippen MR) is 119 cm³/mol. The minimum absolute atomic E-state index is 0. The number of halogens is 1. The van der Waals surface area contributed by atoms with Gasteiger partial charge in [-0.1, -0.05) is 24.3 Å². The summed E-state index contributed by atoms with van der Waals surface area (Å²) >= 11 is 0. The van der Waals surface area contributed by atoms with Crippen molar-refractivity contribution in [1.29, 1.82) is 0 Å². The molecule has 6 nitrogen and oxygen atoms in total. The normalized spacial score (nSPS) is 11.3. The van der Waals surface area contributed by atoms with Gasteiger partial charge in [-0.3, -0.25) is 0 Å². The smallest absolute Gasteiger partial charge is 0.338 e. The third-order valence-corrected chi connectivity index (χ3v) is 3.36. The van der Waals surface area contributed by atoms with E-state index in [1.54, 1.807) is 25.3 Å². The van der Waals surface area contributed by atoms with Gasteiger partial charge in [-0.25, -0.2) is 9.79 Å². The van der Waals surface area contributed by atoms with Crippen LogP contribution in [-0.2, 0) is 11.3 Å². The molecule has 0 bridgehead atoms. The van der Waals surface area contributed by atoms with Gasteiger partial charge in [0.25, 0.3) is 0 Å². The van der Waals surface area contributed by atoms with Gasteiger partial charge >= 0.3 is 5.97 Å². The van der Waals surface area contributed by atoms with Crippen molar-refractivity contribution in [1.82, 2.24) is 0 Å². The molecule has 0 amide bonds. The number of carbonyl (C=O) groups excluding carboxylic acids is 1. The summed E-state index contributed by atoms with van der Waals surface area (Å²) in [7, 11) is 1.59. The minimum Gasteiger partial charge on any atom is -0.495 e. The number of aliphatic imine (C=N–C) groups is 1. The summed E-state index contributed by atoms with van der Waals surface area (Å²) in [6.45, 7) is 5.85. The van der Waals surface area contributed by atoms with Gasteiger partial charge in [0.15, 0.2) is 5.96 Å². The summed E-state index contributed by atoms with van der Waals surface area (Å²) in [5.41, 5.74) is 7.50. The summed E-state index contributed by atoms with van der Waals surface area (Å²) in [5, 5.41) is 3.01. The molecule has 3 N–H and O–H groups in total. The van der Waals surface area contributed by atoms with Crippen LogP contribution < -0.4 is 15.8 Å². The number of nitrogens with zero attached hydrogens (tertiary/aromatic N) is 1. The van der Waals surface area contributed by atoms with Crippen molar-refractivity contribution >= 4 is 41.6 Å². The molecule has 0 atom stereocenters. The van der Waals surface area contributed by atoms with E-state index in [9.17, 15) is 4.79 Å². The Bertz CT molecular complexity index is 801. The summed E-state index contributed by atoms with van der Waals surface area (Å²) in [5.74, 6) is 0.582. The number of anilines is 1. The van der Waals surface area contributed by atoms with Crippen LogP contribution >= 0.6 is 24.0 Å². The number of hydrogen-bond acceptors (Lipinski definition) is 4. The number of benzene rings is 2. The Labute approximate surface area is 177 Å². The molecule has 0 radical (unpaired) electrons. The van der Waals surface area contributed by atoms with Gasteiger partial charge in [0.2, 0.25) is 0 Å². The molecule has 2 rings (SSSR count). The molecule has 146 valence electrons. The molecule has 0 aliphatic carbocycles. The Morgan fingerprint density at radius 1 is 1.15 bits per heavy atom. The molecule has 0 saturated carbocycles. The van der Waals surface area contributed by atoms with Crippen LogP contribution in [0.1, 0.15) is 36.7 Å². The number of rotatable bonds is 5. The summed E-state index contributed by atoms with van der Waals surface area (Å²) in [6, 6.07) is 14.6. The van der Waals surface area contributed by atoms with E-state index in [0.717, 1.165) is 11.3 Å². The molecule has 27 heavy (non-hydrogen) atoms. The minimum atomic E-state index is -0.533. The molecule has 0 heterocycles. The number of methoxy groups -OCH3 is 1. The quantitative estimate of drug-likeness (QED) is 0.288. The number of para-hydroxylation sites is 2. The highest BCUT2D eigenvalue weighted by molar-refractivity contribution is 14.0. The molecule has 2 aromatic carbocycles. The van der Waals surface area contributed by atoms with Gasteiger partial charge in [-0.05, 0) is 50.6 Å². The first-order valence-corrected chi connectivity index (χ1v) is 8.31. The van der Waals surface area contributed by atoms with Crippen molar-refractivity contribution in [2.24, 2.45) is 10.7 Å². The zero-order valence-corrected chi connectivity index (χ0v) is 18.3. The van der Waals surface area contributed by atoms with Gasteiger partial charge in [0.1, 0.15) is 11.4 Å². The fraction of sp³-hybridized carbons (Fsp3) is 0.300. The lowest BCUT2D eigenvalue weighted by molar-refractivity contribution is 0.00694. The van der Waals surface area contributed by atoms with Crippen molar-refractivity contribution in [3.63, 3.8) is 0 Å². The van der Waals surface area contributed by atoms with Crippen LogP contribution in [-0.4, -0.2) is 24.6 Å². The summed E-state index contributed by atoms with van der Waals surface area (Å²) in [6.07, 6.45) is 0. The lowest BCUT2D eigenvalue weighted by Crippen LogP contribution is -2.24. The number of carbonyl (C=O) groups is 1. The van der Waals surface area contributed by atoms with Crippen LogP contribution in [0, 0.1) is 0 Å². The number of esters is 1. The standard InChI is InChI=1S/C20H25N3O3.HI/c1-20(2,3)26-18(24)15-9-7-8-14(12-15)13-22-19(21)23-16-10-5-6-11-17(16)25-4;/h5-12H,13H2,1-4H3,(H3,21,22,23);1H. The molecule has 0 spiro atoms. The first-order valence-electron chi connectivity index (χ1n) is 8.31. The molecule has 0 unspecified atom stereocenters. The first-order chi connectivity index (χ1) is 12.3. The second-order valence-electron chi connectivity index (χ2n) is 6.73. The highest BCUT2D eigenvalue weighted by Crippen LogP contribution is 2.22.